The van der Waals surface area contributed by atoms with Gasteiger partial charge in [0.15, 0.2) is 0 Å². The van der Waals surface area contributed by atoms with Crippen molar-refractivity contribution >= 4 is 5.91 Å². The monoisotopic (exact) mass is 225 g/mol. The maximum Gasteiger partial charge on any atom is 0.252 e. The largest absolute Gasteiger partial charge is 0.380 e. The van der Waals surface area contributed by atoms with Gasteiger partial charge in [-0.05, 0) is 44.4 Å². The second-order valence-electron chi connectivity index (χ2n) is 5.68. The Bertz CT molecular complexity index is 259. The van der Waals surface area contributed by atoms with E-state index in [2.05, 4.69) is 12.2 Å². The average molecular weight is 225 g/mol. The predicted octanol–water partition coefficient (Wildman–Crippen LogP) is 1.99. The molecule has 0 aliphatic heterocycles. The number of hydrogen-bond acceptors (Lipinski definition) is 2. The maximum absolute atomic E-state index is 12.0. The molecule has 3 nitrogen and oxygen atoms in total. The van der Waals surface area contributed by atoms with Crippen molar-refractivity contribution < 1.29 is 9.90 Å². The molecule has 2 N–H and O–H groups in total. The highest BCUT2D eigenvalue weighted by molar-refractivity contribution is 5.85. The van der Waals surface area contributed by atoms with Crippen molar-refractivity contribution in [3.63, 3.8) is 0 Å². The van der Waals surface area contributed by atoms with Gasteiger partial charge in [0, 0.05) is 6.04 Å². The number of carbonyl (C=O) groups is 1. The third-order valence-electron chi connectivity index (χ3n) is 4.12. The first kappa shape index (κ1) is 11.9. The van der Waals surface area contributed by atoms with Crippen molar-refractivity contribution in [2.75, 3.05) is 0 Å². The summed E-state index contributed by atoms with van der Waals surface area (Å²) in [6.07, 6.45) is 7.85. The number of rotatable bonds is 2. The standard InChI is InChI=1S/C13H23NO2/c1-10-5-4-6-11(9-10)14-12(15)13(16)7-2-3-8-13/h10-11,16H,2-9H2,1H3,(H,14,15). The Kier molecular flexibility index (Phi) is 3.53. The zero-order valence-corrected chi connectivity index (χ0v) is 10.2. The van der Waals surface area contributed by atoms with E-state index in [-0.39, 0.29) is 5.91 Å². The van der Waals surface area contributed by atoms with Gasteiger partial charge in [0.2, 0.25) is 0 Å². The van der Waals surface area contributed by atoms with Crippen LogP contribution >= 0.6 is 0 Å². The number of carbonyl (C=O) groups excluding carboxylic acids is 1. The molecule has 0 bridgehead atoms. The van der Waals surface area contributed by atoms with Gasteiger partial charge in [-0.3, -0.25) is 4.79 Å². The van der Waals surface area contributed by atoms with E-state index in [9.17, 15) is 9.90 Å². The Morgan fingerprint density at radius 3 is 2.56 bits per heavy atom. The van der Waals surface area contributed by atoms with E-state index in [1.807, 2.05) is 0 Å². The molecular formula is C13H23NO2. The van der Waals surface area contributed by atoms with Crippen LogP contribution in [0.25, 0.3) is 0 Å². The Hall–Kier alpha value is -0.570. The Balaban J connectivity index is 1.86. The molecule has 2 fully saturated rings. The minimum Gasteiger partial charge on any atom is -0.380 e. The van der Waals surface area contributed by atoms with Gasteiger partial charge in [0.05, 0.1) is 0 Å². The fourth-order valence-electron chi connectivity index (χ4n) is 3.07. The SMILES string of the molecule is CC1CCCC(NC(=O)C2(O)CCCC2)C1. The van der Waals surface area contributed by atoms with E-state index in [0.717, 1.165) is 25.7 Å². The number of aliphatic hydroxyl groups is 1. The molecule has 0 saturated heterocycles. The second kappa shape index (κ2) is 4.74. The van der Waals surface area contributed by atoms with Crippen LogP contribution in [0.4, 0.5) is 0 Å². The van der Waals surface area contributed by atoms with Gasteiger partial charge in [-0.1, -0.05) is 19.8 Å². The van der Waals surface area contributed by atoms with Gasteiger partial charge >= 0.3 is 0 Å². The van der Waals surface area contributed by atoms with Gasteiger partial charge in [-0.25, -0.2) is 0 Å². The third-order valence-corrected chi connectivity index (χ3v) is 4.12. The zero-order chi connectivity index (χ0) is 11.6. The fraction of sp³-hybridized carbons (Fsp3) is 0.923. The highest BCUT2D eigenvalue weighted by atomic mass is 16.3. The molecule has 2 atom stereocenters. The van der Waals surface area contributed by atoms with Crippen LogP contribution in [0.3, 0.4) is 0 Å². The smallest absolute Gasteiger partial charge is 0.252 e. The van der Waals surface area contributed by atoms with Crippen LogP contribution in [0.15, 0.2) is 0 Å². The number of nitrogens with one attached hydrogen (secondary N) is 1. The van der Waals surface area contributed by atoms with Crippen LogP contribution in [0.5, 0.6) is 0 Å². The Morgan fingerprint density at radius 2 is 1.94 bits per heavy atom. The lowest BCUT2D eigenvalue weighted by molar-refractivity contribution is -0.140. The molecule has 1 amide bonds. The molecule has 2 aliphatic carbocycles. The minimum absolute atomic E-state index is 0.121. The first-order valence-electron chi connectivity index (χ1n) is 6.63. The first-order chi connectivity index (χ1) is 7.60. The van der Waals surface area contributed by atoms with Crippen molar-refractivity contribution in [3.8, 4) is 0 Å². The molecule has 0 radical (unpaired) electrons. The van der Waals surface area contributed by atoms with Crippen molar-refractivity contribution in [3.05, 3.63) is 0 Å². The molecule has 0 aromatic rings. The summed E-state index contributed by atoms with van der Waals surface area (Å²) in [6.45, 7) is 2.24. The molecule has 2 unspecified atom stereocenters. The van der Waals surface area contributed by atoms with Gasteiger partial charge in [-0.15, -0.1) is 0 Å². The summed E-state index contributed by atoms with van der Waals surface area (Å²) >= 11 is 0. The zero-order valence-electron chi connectivity index (χ0n) is 10.2. The summed E-state index contributed by atoms with van der Waals surface area (Å²) < 4.78 is 0. The summed E-state index contributed by atoms with van der Waals surface area (Å²) in [6, 6.07) is 0.292. The van der Waals surface area contributed by atoms with E-state index in [4.69, 9.17) is 0 Å². The second-order valence-corrected chi connectivity index (χ2v) is 5.68. The van der Waals surface area contributed by atoms with Crippen LogP contribution in [0.2, 0.25) is 0 Å². The van der Waals surface area contributed by atoms with Crippen molar-refractivity contribution in [2.24, 2.45) is 5.92 Å². The highest BCUT2D eigenvalue weighted by Crippen LogP contribution is 2.30. The van der Waals surface area contributed by atoms with Gasteiger partial charge in [-0.2, -0.15) is 0 Å². The van der Waals surface area contributed by atoms with Crippen molar-refractivity contribution in [2.45, 2.75) is 69.9 Å². The summed E-state index contributed by atoms with van der Waals surface area (Å²) in [5.41, 5.74) is -1.05. The van der Waals surface area contributed by atoms with Crippen LogP contribution in [0, 0.1) is 5.92 Å². The normalized spacial score (nSPS) is 33.6. The Labute approximate surface area is 97.6 Å². The van der Waals surface area contributed by atoms with Crippen molar-refractivity contribution in [1.29, 1.82) is 0 Å². The quantitative estimate of drug-likeness (QED) is 0.755. The van der Waals surface area contributed by atoms with Gasteiger partial charge in [0.25, 0.3) is 5.91 Å². The highest BCUT2D eigenvalue weighted by Gasteiger charge is 2.39. The molecule has 0 spiro atoms. The summed E-state index contributed by atoms with van der Waals surface area (Å²) in [5.74, 6) is 0.585. The molecule has 92 valence electrons. The molecule has 2 aliphatic rings. The minimum atomic E-state index is -1.05. The molecule has 0 aromatic heterocycles. The maximum atomic E-state index is 12.0. The summed E-state index contributed by atoms with van der Waals surface area (Å²) in [7, 11) is 0. The topological polar surface area (TPSA) is 49.3 Å². The average Bonchev–Trinajstić information content (AvgIpc) is 2.66. The third kappa shape index (κ3) is 2.57. The number of amides is 1. The molecule has 3 heteroatoms. The lowest BCUT2D eigenvalue weighted by atomic mass is 9.86. The van der Waals surface area contributed by atoms with E-state index in [1.54, 1.807) is 0 Å². The molecule has 0 heterocycles. The molecule has 16 heavy (non-hydrogen) atoms. The Morgan fingerprint density at radius 1 is 1.25 bits per heavy atom. The van der Waals surface area contributed by atoms with E-state index in [1.165, 1.54) is 12.8 Å². The summed E-state index contributed by atoms with van der Waals surface area (Å²) in [5, 5.41) is 13.2. The molecule has 2 saturated carbocycles. The van der Waals surface area contributed by atoms with Crippen LogP contribution in [-0.4, -0.2) is 22.7 Å². The lowest BCUT2D eigenvalue weighted by Gasteiger charge is -2.30. The van der Waals surface area contributed by atoms with Crippen LogP contribution in [0.1, 0.15) is 58.3 Å². The van der Waals surface area contributed by atoms with Gasteiger partial charge in [0.1, 0.15) is 5.60 Å². The van der Waals surface area contributed by atoms with Crippen LogP contribution in [-0.2, 0) is 4.79 Å². The van der Waals surface area contributed by atoms with E-state index < -0.39 is 5.60 Å². The molecular weight excluding hydrogens is 202 g/mol. The first-order valence-corrected chi connectivity index (χ1v) is 6.63. The lowest BCUT2D eigenvalue weighted by Crippen LogP contribution is -2.49. The van der Waals surface area contributed by atoms with E-state index >= 15 is 0 Å². The fourth-order valence-corrected chi connectivity index (χ4v) is 3.07. The van der Waals surface area contributed by atoms with Crippen molar-refractivity contribution in [1.82, 2.24) is 5.32 Å². The number of hydrogen-bond donors (Lipinski definition) is 2. The van der Waals surface area contributed by atoms with E-state index in [0.29, 0.717) is 24.8 Å². The van der Waals surface area contributed by atoms with Crippen LogP contribution < -0.4 is 5.32 Å². The molecule has 0 aromatic carbocycles. The predicted molar refractivity (Wildman–Crippen MR) is 63.0 cm³/mol. The van der Waals surface area contributed by atoms with Gasteiger partial charge < -0.3 is 10.4 Å². The molecule has 2 rings (SSSR count). The summed E-state index contributed by atoms with van der Waals surface area (Å²) in [4.78, 5) is 12.0.